The number of carbonyl (C=O) groups excluding carboxylic acids is 3. The molecule has 1 aliphatic heterocycles. The highest BCUT2D eigenvalue weighted by atomic mass is 16.6. The SMILES string of the molecule is CC(NC(=O)OC(C)(C)C)C(=O)N[C@@H]1CCOC[C@@H]1NC(=O)OC(C)(C)C. The fourth-order valence-corrected chi connectivity index (χ4v) is 2.37. The Morgan fingerprint density at radius 3 is 2.04 bits per heavy atom. The molecule has 0 aromatic rings. The van der Waals surface area contributed by atoms with Gasteiger partial charge in [0, 0.05) is 6.61 Å². The van der Waals surface area contributed by atoms with Gasteiger partial charge < -0.3 is 30.2 Å². The molecule has 3 amide bonds. The summed E-state index contributed by atoms with van der Waals surface area (Å²) in [6.07, 6.45) is -0.705. The summed E-state index contributed by atoms with van der Waals surface area (Å²) >= 11 is 0. The van der Waals surface area contributed by atoms with Gasteiger partial charge in [-0.05, 0) is 54.9 Å². The molecule has 156 valence electrons. The van der Waals surface area contributed by atoms with Gasteiger partial charge in [-0.25, -0.2) is 9.59 Å². The van der Waals surface area contributed by atoms with Crippen molar-refractivity contribution in [3.8, 4) is 0 Å². The minimum Gasteiger partial charge on any atom is -0.444 e. The van der Waals surface area contributed by atoms with Gasteiger partial charge in [-0.1, -0.05) is 0 Å². The number of hydrogen-bond acceptors (Lipinski definition) is 6. The molecule has 0 bridgehead atoms. The molecule has 0 aromatic heterocycles. The number of rotatable bonds is 4. The molecule has 1 rings (SSSR count). The molecule has 1 unspecified atom stereocenters. The first-order chi connectivity index (χ1) is 12.3. The normalized spacial score (nSPS) is 21.6. The Balaban J connectivity index is 2.58. The predicted molar refractivity (Wildman–Crippen MR) is 99.4 cm³/mol. The molecule has 1 saturated heterocycles. The van der Waals surface area contributed by atoms with E-state index in [9.17, 15) is 14.4 Å². The summed E-state index contributed by atoms with van der Waals surface area (Å²) in [6.45, 7) is 12.8. The van der Waals surface area contributed by atoms with Crippen molar-refractivity contribution in [1.82, 2.24) is 16.0 Å². The summed E-state index contributed by atoms with van der Waals surface area (Å²) in [7, 11) is 0. The fraction of sp³-hybridized carbons (Fsp3) is 0.833. The van der Waals surface area contributed by atoms with E-state index in [0.717, 1.165) is 0 Å². The number of alkyl carbamates (subject to hydrolysis) is 2. The second-order valence-electron chi connectivity index (χ2n) is 8.60. The third-order valence-corrected chi connectivity index (χ3v) is 3.51. The largest absolute Gasteiger partial charge is 0.444 e. The number of ether oxygens (including phenoxy) is 3. The van der Waals surface area contributed by atoms with Crippen LogP contribution in [0.3, 0.4) is 0 Å². The summed E-state index contributed by atoms with van der Waals surface area (Å²) < 4.78 is 15.8. The first-order valence-corrected chi connectivity index (χ1v) is 9.14. The molecule has 3 N–H and O–H groups in total. The minimum absolute atomic E-state index is 0.262. The Hall–Kier alpha value is -2.03. The summed E-state index contributed by atoms with van der Waals surface area (Å²) in [5, 5.41) is 8.07. The summed E-state index contributed by atoms with van der Waals surface area (Å²) in [5.41, 5.74) is -1.27. The number of nitrogens with one attached hydrogen (secondary N) is 3. The Morgan fingerprint density at radius 1 is 0.926 bits per heavy atom. The van der Waals surface area contributed by atoms with Crippen LogP contribution >= 0.6 is 0 Å². The van der Waals surface area contributed by atoms with Crippen molar-refractivity contribution >= 4 is 18.1 Å². The lowest BCUT2D eigenvalue weighted by Crippen LogP contribution is -2.59. The molecule has 9 nitrogen and oxygen atoms in total. The van der Waals surface area contributed by atoms with E-state index in [1.807, 2.05) is 0 Å². The van der Waals surface area contributed by atoms with Gasteiger partial charge in [0.1, 0.15) is 17.2 Å². The molecule has 1 aliphatic rings. The monoisotopic (exact) mass is 387 g/mol. The van der Waals surface area contributed by atoms with Crippen LogP contribution in [0.4, 0.5) is 9.59 Å². The number of amides is 3. The minimum atomic E-state index is -0.787. The maximum atomic E-state index is 12.4. The molecule has 27 heavy (non-hydrogen) atoms. The zero-order valence-electron chi connectivity index (χ0n) is 17.3. The van der Waals surface area contributed by atoms with Gasteiger partial charge >= 0.3 is 12.2 Å². The van der Waals surface area contributed by atoms with Crippen molar-refractivity contribution in [2.24, 2.45) is 0 Å². The van der Waals surface area contributed by atoms with E-state index in [1.165, 1.54) is 0 Å². The summed E-state index contributed by atoms with van der Waals surface area (Å²) in [5.74, 6) is -0.372. The molecule has 0 aliphatic carbocycles. The van der Waals surface area contributed by atoms with Crippen LogP contribution in [0.1, 0.15) is 54.9 Å². The first kappa shape index (κ1) is 23.0. The zero-order valence-corrected chi connectivity index (χ0v) is 17.3. The average molecular weight is 387 g/mol. The molecule has 1 fully saturated rings. The Morgan fingerprint density at radius 2 is 1.48 bits per heavy atom. The van der Waals surface area contributed by atoms with Gasteiger partial charge in [0.2, 0.25) is 5.91 Å². The topological polar surface area (TPSA) is 115 Å². The van der Waals surface area contributed by atoms with Gasteiger partial charge in [-0.3, -0.25) is 4.79 Å². The van der Waals surface area contributed by atoms with Crippen molar-refractivity contribution in [2.75, 3.05) is 13.2 Å². The quantitative estimate of drug-likeness (QED) is 0.676. The molecular formula is C18H33N3O6. The maximum Gasteiger partial charge on any atom is 0.408 e. The van der Waals surface area contributed by atoms with E-state index < -0.39 is 35.5 Å². The van der Waals surface area contributed by atoms with Crippen LogP contribution in [-0.4, -0.2) is 60.6 Å². The van der Waals surface area contributed by atoms with Crippen molar-refractivity contribution in [3.05, 3.63) is 0 Å². The van der Waals surface area contributed by atoms with Crippen molar-refractivity contribution in [2.45, 2.75) is 84.2 Å². The lowest BCUT2D eigenvalue weighted by Gasteiger charge is -2.34. The molecule has 1 heterocycles. The molecule has 0 aromatic carbocycles. The smallest absolute Gasteiger partial charge is 0.408 e. The van der Waals surface area contributed by atoms with Crippen LogP contribution in [-0.2, 0) is 19.0 Å². The first-order valence-electron chi connectivity index (χ1n) is 9.14. The van der Waals surface area contributed by atoms with E-state index in [0.29, 0.717) is 13.0 Å². The Kier molecular flexibility index (Phi) is 7.89. The average Bonchev–Trinajstić information content (AvgIpc) is 2.45. The van der Waals surface area contributed by atoms with Gasteiger partial charge in [-0.15, -0.1) is 0 Å². The lowest BCUT2D eigenvalue weighted by atomic mass is 10.0. The number of carbonyl (C=O) groups is 3. The highest BCUT2D eigenvalue weighted by molar-refractivity contribution is 5.85. The zero-order chi connectivity index (χ0) is 20.8. The molecule has 0 spiro atoms. The van der Waals surface area contributed by atoms with E-state index in [-0.39, 0.29) is 18.6 Å². The van der Waals surface area contributed by atoms with Crippen molar-refractivity contribution < 1.29 is 28.6 Å². The molecule has 0 radical (unpaired) electrons. The molecule has 0 saturated carbocycles. The predicted octanol–water partition coefficient (Wildman–Crippen LogP) is 1.70. The maximum absolute atomic E-state index is 12.4. The third-order valence-electron chi connectivity index (χ3n) is 3.51. The van der Waals surface area contributed by atoms with Gasteiger partial charge in [0.15, 0.2) is 0 Å². The fourth-order valence-electron chi connectivity index (χ4n) is 2.37. The molecular weight excluding hydrogens is 354 g/mol. The Labute approximate surface area is 160 Å². The highest BCUT2D eigenvalue weighted by Crippen LogP contribution is 2.12. The standard InChI is InChI=1S/C18H33N3O6/c1-11(19-15(23)26-17(2,3)4)14(22)20-12-8-9-25-10-13(12)21-16(24)27-18(5,6)7/h11-13H,8-10H2,1-7H3,(H,19,23)(H,20,22)(H,21,24)/t11?,12-,13+/m1/s1. The highest BCUT2D eigenvalue weighted by Gasteiger charge is 2.31. The number of hydrogen-bond donors (Lipinski definition) is 3. The lowest BCUT2D eigenvalue weighted by molar-refractivity contribution is -0.124. The van der Waals surface area contributed by atoms with Crippen LogP contribution in [0.5, 0.6) is 0 Å². The third kappa shape index (κ3) is 9.46. The van der Waals surface area contributed by atoms with E-state index >= 15 is 0 Å². The summed E-state index contributed by atoms with van der Waals surface area (Å²) in [4.78, 5) is 36.2. The second kappa shape index (κ2) is 9.25. The van der Waals surface area contributed by atoms with E-state index in [1.54, 1.807) is 48.5 Å². The van der Waals surface area contributed by atoms with Crippen LogP contribution in [0.25, 0.3) is 0 Å². The van der Waals surface area contributed by atoms with Crippen molar-refractivity contribution in [3.63, 3.8) is 0 Å². The van der Waals surface area contributed by atoms with Crippen LogP contribution in [0, 0.1) is 0 Å². The Bertz CT molecular complexity index is 538. The van der Waals surface area contributed by atoms with Gasteiger partial charge in [0.25, 0.3) is 0 Å². The van der Waals surface area contributed by atoms with Gasteiger partial charge in [-0.2, -0.15) is 0 Å². The van der Waals surface area contributed by atoms with Crippen LogP contribution in [0.2, 0.25) is 0 Å². The molecule has 3 atom stereocenters. The van der Waals surface area contributed by atoms with Crippen LogP contribution < -0.4 is 16.0 Å². The van der Waals surface area contributed by atoms with E-state index in [2.05, 4.69) is 16.0 Å². The molecule has 9 heteroatoms. The van der Waals surface area contributed by atoms with Gasteiger partial charge in [0.05, 0.1) is 18.7 Å². The van der Waals surface area contributed by atoms with Crippen molar-refractivity contribution in [1.29, 1.82) is 0 Å². The van der Waals surface area contributed by atoms with Crippen LogP contribution in [0.15, 0.2) is 0 Å². The second-order valence-corrected chi connectivity index (χ2v) is 8.60. The van der Waals surface area contributed by atoms with E-state index in [4.69, 9.17) is 14.2 Å². The summed E-state index contributed by atoms with van der Waals surface area (Å²) in [6, 6.07) is -1.54.